The van der Waals surface area contributed by atoms with Crippen molar-refractivity contribution in [3.8, 4) is 11.1 Å². The average molecular weight is 747 g/mol. The molecule has 0 saturated carbocycles. The van der Waals surface area contributed by atoms with Gasteiger partial charge in [-0.2, -0.15) is 0 Å². The maximum atomic E-state index is 4.50. The summed E-state index contributed by atoms with van der Waals surface area (Å²) in [5.74, 6) is 0. The number of H-pyrrole nitrogens is 1. The van der Waals surface area contributed by atoms with Gasteiger partial charge in [-0.25, -0.2) is 0 Å². The van der Waals surface area contributed by atoms with Crippen LogP contribution in [0.25, 0.3) is 71.9 Å². The van der Waals surface area contributed by atoms with Gasteiger partial charge < -0.3 is 15.1 Å². The second kappa shape index (κ2) is 16.5. The van der Waals surface area contributed by atoms with Gasteiger partial charge in [-0.3, -0.25) is 4.99 Å². The number of nitrogens with one attached hydrogen (secondary N) is 1. The van der Waals surface area contributed by atoms with Gasteiger partial charge in [0.05, 0.1) is 22.2 Å². The molecular formula is C53H54N4. The van der Waals surface area contributed by atoms with E-state index in [4.69, 9.17) is 0 Å². The molecule has 10 rings (SSSR count). The van der Waals surface area contributed by atoms with Crippen molar-refractivity contribution in [3.63, 3.8) is 0 Å². The van der Waals surface area contributed by atoms with Crippen molar-refractivity contribution in [3.05, 3.63) is 173 Å². The predicted octanol–water partition coefficient (Wildman–Crippen LogP) is 13.9. The first kappa shape index (κ1) is 39.0. The van der Waals surface area contributed by atoms with Crippen molar-refractivity contribution in [1.29, 1.82) is 0 Å². The number of hydrogen-bond acceptors (Lipinski definition) is 2. The van der Waals surface area contributed by atoms with E-state index in [0.29, 0.717) is 0 Å². The number of nitrogens with zero attached hydrogens (tertiary/aromatic N) is 2. The van der Waals surface area contributed by atoms with Gasteiger partial charge in [-0.05, 0) is 116 Å². The van der Waals surface area contributed by atoms with Gasteiger partial charge in [-0.15, -0.1) is 0 Å². The standard InChI is InChI=1S/C30H20N2.C20H23N.C2H6.CH5N/c1-4-10-26-20(7-1)23-15-18(13-14-27(23)31-26)19-16-24-21-8-2-5-11-28(21)32-29-12-6-3-9-22(29)25(17-19)30(24)32;1-15-11-9-10-14-18(15)19(21-5)16(2)20(3,4)17-12-7-6-8-13-17;2*1-2/h2-6,8-17,31H,1,7H2;6-14H,5H2,1-4H3;1-2H3;2H2,1H3/b;19-16-;;. The molecule has 3 aromatic heterocycles. The third-order valence-corrected chi connectivity index (χ3v) is 11.7. The number of rotatable bonds is 5. The lowest BCUT2D eigenvalue weighted by molar-refractivity contribution is 0.624. The van der Waals surface area contributed by atoms with E-state index in [1.165, 1.54) is 95.1 Å². The molecule has 0 saturated heterocycles. The summed E-state index contributed by atoms with van der Waals surface area (Å²) in [6.45, 7) is 16.5. The van der Waals surface area contributed by atoms with Crippen molar-refractivity contribution in [1.82, 2.24) is 9.38 Å². The van der Waals surface area contributed by atoms with Crippen molar-refractivity contribution in [2.45, 2.75) is 59.8 Å². The van der Waals surface area contributed by atoms with Crippen LogP contribution in [-0.4, -0.2) is 23.1 Å². The number of allylic oxidation sites excluding steroid dienone is 2. The molecule has 3 heterocycles. The number of benzene rings is 6. The Morgan fingerprint density at radius 3 is 1.91 bits per heavy atom. The van der Waals surface area contributed by atoms with E-state index in [1.54, 1.807) is 0 Å². The van der Waals surface area contributed by atoms with E-state index in [2.05, 4.69) is 194 Å². The fraction of sp³-hybridized carbons (Fsp3) is 0.189. The fourth-order valence-corrected chi connectivity index (χ4v) is 8.52. The molecule has 0 bridgehead atoms. The largest absolute Gasteiger partial charge is 0.355 e. The lowest BCUT2D eigenvalue weighted by Gasteiger charge is -2.28. The molecule has 3 N–H and O–H groups in total. The zero-order valence-corrected chi connectivity index (χ0v) is 34.4. The maximum absolute atomic E-state index is 4.50. The molecule has 1 aliphatic carbocycles. The number of aliphatic imine (C=N–C) groups is 1. The minimum Gasteiger partial charge on any atom is -0.355 e. The van der Waals surface area contributed by atoms with E-state index < -0.39 is 0 Å². The number of aromatic amines is 1. The smallest absolute Gasteiger partial charge is 0.0695 e. The van der Waals surface area contributed by atoms with Crippen LogP contribution >= 0.6 is 0 Å². The van der Waals surface area contributed by atoms with Crippen LogP contribution in [0.4, 0.5) is 0 Å². The molecule has 57 heavy (non-hydrogen) atoms. The first-order valence-corrected chi connectivity index (χ1v) is 20.2. The van der Waals surface area contributed by atoms with Crippen molar-refractivity contribution in [2.75, 3.05) is 7.05 Å². The van der Waals surface area contributed by atoms with Crippen LogP contribution in [0.15, 0.2) is 150 Å². The summed E-state index contributed by atoms with van der Waals surface area (Å²) in [5.41, 5.74) is 20.8. The molecule has 0 spiro atoms. The lowest BCUT2D eigenvalue weighted by atomic mass is 9.76. The molecule has 0 unspecified atom stereocenters. The molecule has 4 nitrogen and oxygen atoms in total. The first-order chi connectivity index (χ1) is 27.8. The van der Waals surface area contributed by atoms with Crippen LogP contribution in [0.2, 0.25) is 0 Å². The van der Waals surface area contributed by atoms with Crippen LogP contribution in [0, 0.1) is 6.92 Å². The van der Waals surface area contributed by atoms with Crippen LogP contribution in [0.3, 0.4) is 0 Å². The van der Waals surface area contributed by atoms with Crippen molar-refractivity contribution < 1.29 is 0 Å². The highest BCUT2D eigenvalue weighted by Crippen LogP contribution is 2.42. The first-order valence-electron chi connectivity index (χ1n) is 20.2. The van der Waals surface area contributed by atoms with Crippen LogP contribution in [0.5, 0.6) is 0 Å². The quantitative estimate of drug-likeness (QED) is 0.169. The van der Waals surface area contributed by atoms with E-state index in [1.807, 2.05) is 19.9 Å². The second-order valence-corrected chi connectivity index (χ2v) is 14.9. The molecular weight excluding hydrogens is 693 g/mol. The zero-order chi connectivity index (χ0) is 40.3. The molecule has 4 heteroatoms. The van der Waals surface area contributed by atoms with Crippen molar-refractivity contribution >= 4 is 67.5 Å². The normalized spacial score (nSPS) is 12.7. The Bertz CT molecular complexity index is 2810. The highest BCUT2D eigenvalue weighted by atomic mass is 14.9. The topological polar surface area (TPSA) is 58.6 Å². The number of nitrogens with two attached hydrogens (primary N) is 1. The van der Waals surface area contributed by atoms with Gasteiger partial charge >= 0.3 is 0 Å². The van der Waals surface area contributed by atoms with Gasteiger partial charge in [0.25, 0.3) is 0 Å². The van der Waals surface area contributed by atoms with E-state index in [0.717, 1.165) is 24.1 Å². The van der Waals surface area contributed by atoms with Crippen molar-refractivity contribution in [2.24, 2.45) is 10.7 Å². The molecule has 0 atom stereocenters. The number of fused-ring (bicyclic) bond motifs is 9. The number of aromatic nitrogens is 2. The van der Waals surface area contributed by atoms with Gasteiger partial charge in [-0.1, -0.05) is 131 Å². The van der Waals surface area contributed by atoms with Crippen LogP contribution in [0.1, 0.15) is 69.0 Å². The summed E-state index contributed by atoms with van der Waals surface area (Å²) in [6, 6.07) is 48.2. The summed E-state index contributed by atoms with van der Waals surface area (Å²) in [5, 5.41) is 6.68. The SMILES string of the molecule is C1=Cc2[nH]c3ccc(-c4cc5c6ccccc6n6c7ccccc7c(c4)c56)cc3c2CC1.C=N/C(=C(/C)C(C)(C)c1ccccc1)c1ccccc1C.CC.CN. The van der Waals surface area contributed by atoms with E-state index in [-0.39, 0.29) is 5.41 Å². The highest BCUT2D eigenvalue weighted by molar-refractivity contribution is 6.24. The predicted molar refractivity (Wildman–Crippen MR) is 250 cm³/mol. The third kappa shape index (κ3) is 6.85. The highest BCUT2D eigenvalue weighted by Gasteiger charge is 2.26. The number of hydrogen-bond donors (Lipinski definition) is 2. The third-order valence-electron chi connectivity index (χ3n) is 11.7. The monoisotopic (exact) mass is 746 g/mol. The van der Waals surface area contributed by atoms with E-state index >= 15 is 0 Å². The summed E-state index contributed by atoms with van der Waals surface area (Å²) in [7, 11) is 1.50. The minimum absolute atomic E-state index is 0.0833. The van der Waals surface area contributed by atoms with Gasteiger partial charge in [0, 0.05) is 49.1 Å². The Hall–Kier alpha value is -6.23. The van der Waals surface area contributed by atoms with Gasteiger partial charge in [0.2, 0.25) is 0 Å². The molecule has 1 aliphatic rings. The Kier molecular flexibility index (Phi) is 11.3. The number of para-hydroxylation sites is 2. The Balaban J connectivity index is 0.000000174. The molecule has 286 valence electrons. The summed E-state index contributed by atoms with van der Waals surface area (Å²) >= 11 is 0. The summed E-state index contributed by atoms with van der Waals surface area (Å²) in [6.07, 6.45) is 6.73. The summed E-state index contributed by atoms with van der Waals surface area (Å²) < 4.78 is 2.44. The van der Waals surface area contributed by atoms with Gasteiger partial charge in [0.15, 0.2) is 0 Å². The maximum Gasteiger partial charge on any atom is 0.0695 e. The molecule has 0 amide bonds. The second-order valence-electron chi connectivity index (χ2n) is 14.9. The minimum atomic E-state index is -0.0833. The Labute approximate surface area is 337 Å². The summed E-state index contributed by atoms with van der Waals surface area (Å²) in [4.78, 5) is 7.94. The average Bonchev–Trinajstić information content (AvgIpc) is 3.93. The molecule has 0 fully saturated rings. The Morgan fingerprint density at radius 1 is 0.702 bits per heavy atom. The van der Waals surface area contributed by atoms with Gasteiger partial charge in [0.1, 0.15) is 0 Å². The van der Waals surface area contributed by atoms with E-state index in [9.17, 15) is 0 Å². The molecule has 0 radical (unpaired) electrons. The molecule has 9 aromatic rings. The number of aryl methyl sites for hydroxylation is 2. The van der Waals surface area contributed by atoms with Crippen LogP contribution in [-0.2, 0) is 11.8 Å². The Morgan fingerprint density at radius 2 is 1.28 bits per heavy atom. The lowest BCUT2D eigenvalue weighted by Crippen LogP contribution is -2.20. The van der Waals surface area contributed by atoms with Crippen LogP contribution < -0.4 is 5.73 Å². The fourth-order valence-electron chi connectivity index (χ4n) is 8.52. The molecule has 0 aliphatic heterocycles. The molecule has 6 aromatic carbocycles. The zero-order valence-electron chi connectivity index (χ0n) is 34.4.